The molecule has 0 bridgehead atoms. The predicted molar refractivity (Wildman–Crippen MR) is 57.0 cm³/mol. The predicted octanol–water partition coefficient (Wildman–Crippen LogP) is 0.540. The van der Waals surface area contributed by atoms with Gasteiger partial charge < -0.3 is 9.84 Å². The van der Waals surface area contributed by atoms with Crippen molar-refractivity contribution in [2.24, 2.45) is 0 Å². The van der Waals surface area contributed by atoms with Gasteiger partial charge in [-0.3, -0.25) is 14.7 Å². The molecule has 1 fully saturated rings. The van der Waals surface area contributed by atoms with E-state index in [1.54, 1.807) is 24.4 Å². The molecule has 1 aromatic heterocycles. The highest BCUT2D eigenvalue weighted by molar-refractivity contribution is 5.74. The molecule has 1 N–H and O–H groups in total. The minimum absolute atomic E-state index is 0.580. The third-order valence-electron chi connectivity index (χ3n) is 2.61. The first-order valence-corrected chi connectivity index (χ1v) is 5.24. The number of hydrogen-bond acceptors (Lipinski definition) is 4. The summed E-state index contributed by atoms with van der Waals surface area (Å²) in [5.41, 5.74) is 0.580. The van der Waals surface area contributed by atoms with Crippen molar-refractivity contribution >= 4 is 5.97 Å². The lowest BCUT2D eigenvalue weighted by atomic mass is 10.1. The van der Waals surface area contributed by atoms with Crippen molar-refractivity contribution in [3.05, 3.63) is 30.1 Å². The van der Waals surface area contributed by atoms with E-state index in [2.05, 4.69) is 4.98 Å². The second kappa shape index (κ2) is 5.05. The molecule has 1 atom stereocenters. The van der Waals surface area contributed by atoms with Crippen LogP contribution in [0.1, 0.15) is 11.7 Å². The summed E-state index contributed by atoms with van der Waals surface area (Å²) in [5, 5.41) is 9.26. The van der Waals surface area contributed by atoms with Crippen LogP contribution in [0.15, 0.2) is 24.4 Å². The summed E-state index contributed by atoms with van der Waals surface area (Å²) < 4.78 is 5.21. The molecule has 0 radical (unpaired) electrons. The number of carboxylic acid groups (broad SMARTS) is 1. The fraction of sp³-hybridized carbons (Fsp3) is 0.455. The average molecular weight is 222 g/mol. The van der Waals surface area contributed by atoms with Crippen molar-refractivity contribution in [3.8, 4) is 0 Å². The minimum Gasteiger partial charge on any atom is -0.480 e. The number of aliphatic carboxylic acids is 1. The molecule has 16 heavy (non-hydrogen) atoms. The topological polar surface area (TPSA) is 62.7 Å². The summed E-state index contributed by atoms with van der Waals surface area (Å²) in [6.45, 7) is 2.42. The zero-order chi connectivity index (χ0) is 11.4. The smallest absolute Gasteiger partial charge is 0.327 e. The standard InChI is InChI=1S/C11H14N2O3/c14-11(15)10(9-3-1-2-4-12-9)13-5-7-16-8-6-13/h1-4,10H,5-8H2,(H,14,15). The number of pyridine rings is 1. The maximum atomic E-state index is 11.3. The quantitative estimate of drug-likeness (QED) is 0.808. The van der Waals surface area contributed by atoms with E-state index < -0.39 is 12.0 Å². The molecule has 2 rings (SSSR count). The van der Waals surface area contributed by atoms with Gasteiger partial charge >= 0.3 is 5.97 Å². The van der Waals surface area contributed by atoms with Gasteiger partial charge in [-0.25, -0.2) is 0 Å². The highest BCUT2D eigenvalue weighted by Gasteiger charge is 2.29. The van der Waals surface area contributed by atoms with Crippen molar-refractivity contribution in [1.29, 1.82) is 0 Å². The monoisotopic (exact) mass is 222 g/mol. The Bertz CT molecular complexity index is 350. The molecule has 0 amide bonds. The highest BCUT2D eigenvalue weighted by atomic mass is 16.5. The lowest BCUT2D eigenvalue weighted by Gasteiger charge is -2.31. The first-order valence-electron chi connectivity index (χ1n) is 5.24. The largest absolute Gasteiger partial charge is 0.480 e. The van der Waals surface area contributed by atoms with E-state index in [0.717, 1.165) is 0 Å². The summed E-state index contributed by atoms with van der Waals surface area (Å²) in [6, 6.07) is 4.67. The number of rotatable bonds is 3. The van der Waals surface area contributed by atoms with Gasteiger partial charge in [0, 0.05) is 19.3 Å². The molecule has 1 unspecified atom stereocenters. The fourth-order valence-corrected chi connectivity index (χ4v) is 1.84. The molecule has 5 heteroatoms. The number of hydrogen-bond donors (Lipinski definition) is 1. The molecular weight excluding hydrogens is 208 g/mol. The molecule has 0 aliphatic carbocycles. The van der Waals surface area contributed by atoms with Gasteiger partial charge in [-0.2, -0.15) is 0 Å². The van der Waals surface area contributed by atoms with E-state index in [1.807, 2.05) is 4.90 Å². The van der Waals surface area contributed by atoms with Crippen LogP contribution in [0.5, 0.6) is 0 Å². The summed E-state index contributed by atoms with van der Waals surface area (Å²) in [4.78, 5) is 17.3. The second-order valence-corrected chi connectivity index (χ2v) is 3.64. The van der Waals surface area contributed by atoms with Gasteiger partial charge in [-0.05, 0) is 12.1 Å². The van der Waals surface area contributed by atoms with Crippen molar-refractivity contribution in [1.82, 2.24) is 9.88 Å². The number of aromatic nitrogens is 1. The van der Waals surface area contributed by atoms with Crippen LogP contribution in [0.3, 0.4) is 0 Å². The third-order valence-corrected chi connectivity index (χ3v) is 2.61. The van der Waals surface area contributed by atoms with E-state index in [9.17, 15) is 9.90 Å². The van der Waals surface area contributed by atoms with Crippen LogP contribution >= 0.6 is 0 Å². The van der Waals surface area contributed by atoms with Crippen molar-refractivity contribution < 1.29 is 14.6 Å². The van der Waals surface area contributed by atoms with Crippen LogP contribution in [0.25, 0.3) is 0 Å². The van der Waals surface area contributed by atoms with Crippen molar-refractivity contribution in [2.45, 2.75) is 6.04 Å². The van der Waals surface area contributed by atoms with E-state index in [4.69, 9.17) is 4.74 Å². The maximum absolute atomic E-state index is 11.3. The van der Waals surface area contributed by atoms with E-state index in [1.165, 1.54) is 0 Å². The third kappa shape index (κ3) is 2.37. The number of morpholine rings is 1. The number of nitrogens with zero attached hydrogens (tertiary/aromatic N) is 2. The summed E-state index contributed by atoms with van der Waals surface area (Å²) >= 11 is 0. The molecule has 0 saturated carbocycles. The molecule has 1 aliphatic heterocycles. The molecule has 1 aromatic rings. The normalized spacial score (nSPS) is 19.2. The Balaban J connectivity index is 2.20. The zero-order valence-electron chi connectivity index (χ0n) is 8.87. The molecule has 1 aliphatic rings. The highest BCUT2D eigenvalue weighted by Crippen LogP contribution is 2.19. The summed E-state index contributed by atoms with van der Waals surface area (Å²) in [5.74, 6) is -0.861. The number of carbonyl (C=O) groups is 1. The van der Waals surface area contributed by atoms with Gasteiger partial charge in [0.2, 0.25) is 0 Å². The van der Waals surface area contributed by atoms with Gasteiger partial charge in [0.05, 0.1) is 18.9 Å². The van der Waals surface area contributed by atoms with E-state index >= 15 is 0 Å². The molecule has 2 heterocycles. The Hall–Kier alpha value is -1.46. The van der Waals surface area contributed by atoms with Gasteiger partial charge in [0.1, 0.15) is 0 Å². The van der Waals surface area contributed by atoms with Crippen LogP contribution < -0.4 is 0 Å². The van der Waals surface area contributed by atoms with Crippen LogP contribution in [0, 0.1) is 0 Å². The Morgan fingerprint density at radius 2 is 2.19 bits per heavy atom. The zero-order valence-corrected chi connectivity index (χ0v) is 8.87. The van der Waals surface area contributed by atoms with Gasteiger partial charge in [0.25, 0.3) is 0 Å². The first-order chi connectivity index (χ1) is 7.79. The van der Waals surface area contributed by atoms with Crippen LogP contribution in [0.2, 0.25) is 0 Å². The van der Waals surface area contributed by atoms with E-state index in [0.29, 0.717) is 32.0 Å². The van der Waals surface area contributed by atoms with Gasteiger partial charge in [-0.15, -0.1) is 0 Å². The van der Waals surface area contributed by atoms with Crippen molar-refractivity contribution in [3.63, 3.8) is 0 Å². The van der Waals surface area contributed by atoms with Crippen molar-refractivity contribution in [2.75, 3.05) is 26.3 Å². The van der Waals surface area contributed by atoms with Gasteiger partial charge in [-0.1, -0.05) is 6.07 Å². The Kier molecular flexibility index (Phi) is 3.48. The second-order valence-electron chi connectivity index (χ2n) is 3.64. The molecular formula is C11H14N2O3. The van der Waals surface area contributed by atoms with E-state index in [-0.39, 0.29) is 0 Å². The molecule has 86 valence electrons. The molecule has 1 saturated heterocycles. The Morgan fingerprint density at radius 3 is 2.75 bits per heavy atom. The number of carboxylic acids is 1. The lowest BCUT2D eigenvalue weighted by molar-refractivity contribution is -0.145. The summed E-state index contributed by atoms with van der Waals surface area (Å²) in [6.07, 6.45) is 1.62. The Labute approximate surface area is 93.7 Å². The van der Waals surface area contributed by atoms with Crippen LogP contribution in [0.4, 0.5) is 0 Å². The van der Waals surface area contributed by atoms with Crippen LogP contribution in [-0.2, 0) is 9.53 Å². The maximum Gasteiger partial charge on any atom is 0.327 e. The molecule has 5 nitrogen and oxygen atoms in total. The molecule has 0 spiro atoms. The first kappa shape index (κ1) is 11.0. The van der Waals surface area contributed by atoms with Gasteiger partial charge in [0.15, 0.2) is 6.04 Å². The molecule has 0 aromatic carbocycles. The number of ether oxygens (including phenoxy) is 1. The lowest BCUT2D eigenvalue weighted by Crippen LogP contribution is -2.42. The fourth-order valence-electron chi connectivity index (χ4n) is 1.84. The SMILES string of the molecule is O=C(O)C(c1ccccn1)N1CCOCC1. The average Bonchev–Trinajstić information content (AvgIpc) is 2.31. The minimum atomic E-state index is -0.861. The Morgan fingerprint density at radius 1 is 1.44 bits per heavy atom. The van der Waals surface area contributed by atoms with Crippen LogP contribution in [-0.4, -0.2) is 47.3 Å². The summed E-state index contributed by atoms with van der Waals surface area (Å²) in [7, 11) is 0.